The van der Waals surface area contributed by atoms with Crippen molar-refractivity contribution < 1.29 is 9.59 Å². The first-order valence-electron chi connectivity index (χ1n) is 11.1. The molecule has 10 nitrogen and oxygen atoms in total. The summed E-state index contributed by atoms with van der Waals surface area (Å²) in [6, 6.07) is 7.46. The maximum Gasteiger partial charge on any atom is 0.276 e. The van der Waals surface area contributed by atoms with E-state index < -0.39 is 0 Å². The number of anilines is 1. The van der Waals surface area contributed by atoms with Gasteiger partial charge in [0.1, 0.15) is 11.3 Å². The van der Waals surface area contributed by atoms with Crippen LogP contribution >= 0.6 is 0 Å². The van der Waals surface area contributed by atoms with Crippen LogP contribution in [0.15, 0.2) is 36.7 Å². The predicted molar refractivity (Wildman–Crippen MR) is 129 cm³/mol. The van der Waals surface area contributed by atoms with Gasteiger partial charge in [0.15, 0.2) is 5.69 Å². The third-order valence-corrected chi connectivity index (χ3v) is 6.28. The summed E-state index contributed by atoms with van der Waals surface area (Å²) in [5.41, 5.74) is 5.38. The molecule has 0 saturated carbocycles. The first kappa shape index (κ1) is 21.8. The fraction of sp³-hybridized carbons (Fsp3) is 0.292. The van der Waals surface area contributed by atoms with Crippen molar-refractivity contribution in [1.29, 1.82) is 0 Å². The molecule has 10 heteroatoms. The molecule has 0 aromatic carbocycles. The van der Waals surface area contributed by atoms with Crippen molar-refractivity contribution in [3.8, 4) is 11.3 Å². The second-order valence-corrected chi connectivity index (χ2v) is 8.65. The summed E-state index contributed by atoms with van der Waals surface area (Å²) < 4.78 is 0. The number of hydrogen-bond donors (Lipinski definition) is 3. The fourth-order valence-electron chi connectivity index (χ4n) is 4.02. The van der Waals surface area contributed by atoms with Gasteiger partial charge in [-0.3, -0.25) is 19.7 Å². The summed E-state index contributed by atoms with van der Waals surface area (Å²) in [7, 11) is 2.06. The summed E-state index contributed by atoms with van der Waals surface area (Å²) >= 11 is 0. The number of H-pyrrole nitrogens is 2. The van der Waals surface area contributed by atoms with Gasteiger partial charge in [-0.2, -0.15) is 5.10 Å². The van der Waals surface area contributed by atoms with Crippen molar-refractivity contribution in [2.75, 3.05) is 38.5 Å². The molecule has 0 bridgehead atoms. The van der Waals surface area contributed by atoms with Gasteiger partial charge < -0.3 is 20.1 Å². The number of carbonyl (C=O) groups is 2. The number of hydrogen-bond acceptors (Lipinski definition) is 6. The Kier molecular flexibility index (Phi) is 5.58. The van der Waals surface area contributed by atoms with E-state index in [9.17, 15) is 9.59 Å². The molecule has 0 unspecified atom stereocenters. The van der Waals surface area contributed by atoms with E-state index in [1.54, 1.807) is 18.5 Å². The standard InChI is InChI=1S/C24H26N8O2/c1-14-15(2)29-30-21(14)23(33)27-18-10-17-12-19(28-22(17)26-13-18)16-4-5-25-20(11-16)24(34)32-8-6-31(3)7-9-32/h4-5,10-13H,6-9H2,1-3H3,(H,26,28)(H,27,33)(H,29,30). The smallest absolute Gasteiger partial charge is 0.276 e. The van der Waals surface area contributed by atoms with Gasteiger partial charge in [-0.25, -0.2) is 4.98 Å². The average Bonchev–Trinajstić information content (AvgIpc) is 3.42. The van der Waals surface area contributed by atoms with Crippen molar-refractivity contribution in [2.24, 2.45) is 0 Å². The SMILES string of the molecule is Cc1[nH]nc(C(=O)Nc2cnc3[nH]c(-c4ccnc(C(=O)N5CCN(C)CC5)c4)cc3c2)c1C. The molecule has 0 aliphatic carbocycles. The molecular formula is C24H26N8O2. The van der Waals surface area contributed by atoms with Crippen LogP contribution in [0.3, 0.4) is 0 Å². The van der Waals surface area contributed by atoms with Gasteiger partial charge in [0.05, 0.1) is 11.9 Å². The number of aromatic amines is 2. The molecule has 1 aliphatic rings. The number of aryl methyl sites for hydroxylation is 1. The number of piperazine rings is 1. The first-order valence-corrected chi connectivity index (χ1v) is 11.1. The van der Waals surface area contributed by atoms with Gasteiger partial charge in [-0.1, -0.05) is 0 Å². The Labute approximate surface area is 196 Å². The van der Waals surface area contributed by atoms with Gasteiger partial charge in [0.2, 0.25) is 0 Å². The molecule has 174 valence electrons. The normalized spacial score (nSPS) is 14.5. The Morgan fingerprint density at radius 1 is 1.06 bits per heavy atom. The molecule has 1 aliphatic heterocycles. The van der Waals surface area contributed by atoms with Gasteiger partial charge in [-0.05, 0) is 45.2 Å². The Morgan fingerprint density at radius 2 is 1.85 bits per heavy atom. The summed E-state index contributed by atoms with van der Waals surface area (Å²) in [6.07, 6.45) is 3.25. The van der Waals surface area contributed by atoms with E-state index in [-0.39, 0.29) is 11.8 Å². The van der Waals surface area contributed by atoms with Crippen LogP contribution in [-0.2, 0) is 0 Å². The molecule has 1 fully saturated rings. The lowest BCUT2D eigenvalue weighted by Crippen LogP contribution is -2.47. The maximum atomic E-state index is 12.9. The zero-order valence-electron chi connectivity index (χ0n) is 19.3. The van der Waals surface area contributed by atoms with E-state index in [1.807, 2.05) is 36.9 Å². The minimum atomic E-state index is -0.292. The number of amides is 2. The number of aromatic nitrogens is 5. The molecule has 4 aromatic heterocycles. The van der Waals surface area contributed by atoms with Crippen LogP contribution in [-0.4, -0.2) is 80.0 Å². The second kappa shape index (κ2) is 8.71. The molecule has 4 aromatic rings. The molecule has 34 heavy (non-hydrogen) atoms. The minimum absolute atomic E-state index is 0.0573. The summed E-state index contributed by atoms with van der Waals surface area (Å²) in [6.45, 7) is 6.84. The van der Waals surface area contributed by atoms with E-state index in [1.165, 1.54) is 0 Å². The highest BCUT2D eigenvalue weighted by molar-refractivity contribution is 6.04. The molecule has 0 spiro atoms. The van der Waals surface area contributed by atoms with Gasteiger partial charge in [0, 0.05) is 60.3 Å². The maximum absolute atomic E-state index is 12.9. The topological polar surface area (TPSA) is 123 Å². The van der Waals surface area contributed by atoms with Crippen LogP contribution in [0.5, 0.6) is 0 Å². The first-order chi connectivity index (χ1) is 16.4. The molecule has 5 heterocycles. The number of nitrogens with one attached hydrogen (secondary N) is 3. The van der Waals surface area contributed by atoms with Crippen LogP contribution in [0, 0.1) is 13.8 Å². The lowest BCUT2D eigenvalue weighted by Gasteiger charge is -2.32. The summed E-state index contributed by atoms with van der Waals surface area (Å²) in [5, 5.41) is 10.6. The number of nitrogens with zero attached hydrogens (tertiary/aromatic N) is 5. The van der Waals surface area contributed by atoms with Gasteiger partial charge in [-0.15, -0.1) is 0 Å². The average molecular weight is 459 g/mol. The van der Waals surface area contributed by atoms with E-state index in [2.05, 4.69) is 42.4 Å². The second-order valence-electron chi connectivity index (χ2n) is 8.65. The molecule has 0 radical (unpaired) electrons. The molecule has 1 saturated heterocycles. The largest absolute Gasteiger partial charge is 0.339 e. The highest BCUT2D eigenvalue weighted by atomic mass is 16.2. The van der Waals surface area contributed by atoms with E-state index in [0.717, 1.165) is 41.0 Å². The third-order valence-electron chi connectivity index (χ3n) is 6.28. The van der Waals surface area contributed by atoms with Crippen LogP contribution in [0.1, 0.15) is 32.2 Å². The van der Waals surface area contributed by atoms with Crippen LogP contribution in [0.2, 0.25) is 0 Å². The van der Waals surface area contributed by atoms with Crippen molar-refractivity contribution in [1.82, 2.24) is 34.9 Å². The number of rotatable bonds is 4. The van der Waals surface area contributed by atoms with Crippen molar-refractivity contribution >= 4 is 28.5 Å². The zero-order chi connectivity index (χ0) is 23.8. The third kappa shape index (κ3) is 4.15. The van der Waals surface area contributed by atoms with E-state index in [4.69, 9.17) is 0 Å². The molecule has 3 N–H and O–H groups in total. The lowest BCUT2D eigenvalue weighted by molar-refractivity contribution is 0.0658. The Bertz CT molecular complexity index is 1380. The Morgan fingerprint density at radius 3 is 2.59 bits per heavy atom. The Hall–Kier alpha value is -4.05. The van der Waals surface area contributed by atoms with Crippen molar-refractivity contribution in [3.63, 3.8) is 0 Å². The monoisotopic (exact) mass is 458 g/mol. The molecule has 5 rings (SSSR count). The van der Waals surface area contributed by atoms with Crippen LogP contribution in [0.25, 0.3) is 22.3 Å². The molecule has 0 atom stereocenters. The zero-order valence-corrected chi connectivity index (χ0v) is 19.3. The van der Waals surface area contributed by atoms with Gasteiger partial charge in [0.25, 0.3) is 11.8 Å². The Balaban J connectivity index is 1.36. The predicted octanol–water partition coefficient (Wildman–Crippen LogP) is 2.60. The number of likely N-dealkylation sites (N-methyl/N-ethyl adjacent to an activating group) is 1. The van der Waals surface area contributed by atoms with Gasteiger partial charge >= 0.3 is 0 Å². The van der Waals surface area contributed by atoms with E-state index >= 15 is 0 Å². The highest BCUT2D eigenvalue weighted by Crippen LogP contribution is 2.26. The summed E-state index contributed by atoms with van der Waals surface area (Å²) in [5.74, 6) is -0.349. The number of pyridine rings is 2. The van der Waals surface area contributed by atoms with E-state index in [0.29, 0.717) is 35.8 Å². The lowest BCUT2D eigenvalue weighted by atomic mass is 10.1. The van der Waals surface area contributed by atoms with Crippen molar-refractivity contribution in [2.45, 2.75) is 13.8 Å². The summed E-state index contributed by atoms with van der Waals surface area (Å²) in [4.78, 5) is 41.6. The number of fused-ring (bicyclic) bond motifs is 1. The van der Waals surface area contributed by atoms with Crippen LogP contribution in [0.4, 0.5) is 5.69 Å². The molecule has 2 amide bonds. The van der Waals surface area contributed by atoms with Crippen LogP contribution < -0.4 is 5.32 Å². The highest BCUT2D eigenvalue weighted by Gasteiger charge is 2.22. The fourth-order valence-corrected chi connectivity index (χ4v) is 4.02. The minimum Gasteiger partial charge on any atom is -0.339 e. The van der Waals surface area contributed by atoms with Crippen molar-refractivity contribution in [3.05, 3.63) is 59.3 Å². The molecular weight excluding hydrogens is 432 g/mol. The number of carbonyl (C=O) groups excluding carboxylic acids is 2. The quantitative estimate of drug-likeness (QED) is 0.432.